The highest BCUT2D eigenvalue weighted by atomic mass is 16.5. The third-order valence-electron chi connectivity index (χ3n) is 6.40. The SMILES string of the molecule is OC1(Cc2cccc3ccccc23)CC2COCC(C1)N2Cc1ccccc1. The van der Waals surface area contributed by atoms with Gasteiger partial charge in [-0.15, -0.1) is 0 Å². The zero-order chi connectivity index (χ0) is 19.0. The minimum Gasteiger partial charge on any atom is -0.389 e. The lowest BCUT2D eigenvalue weighted by atomic mass is 9.77. The van der Waals surface area contributed by atoms with Crippen molar-refractivity contribution in [3.05, 3.63) is 83.9 Å². The van der Waals surface area contributed by atoms with Crippen LogP contribution in [-0.2, 0) is 17.7 Å². The molecule has 0 spiro atoms. The molecular formula is C25H27NO2. The first-order chi connectivity index (χ1) is 13.7. The molecule has 2 fully saturated rings. The van der Waals surface area contributed by atoms with E-state index in [9.17, 15) is 5.11 Å². The van der Waals surface area contributed by atoms with Crippen molar-refractivity contribution in [1.82, 2.24) is 4.90 Å². The normalized spacial score (nSPS) is 27.8. The van der Waals surface area contributed by atoms with Crippen LogP contribution >= 0.6 is 0 Å². The number of aliphatic hydroxyl groups is 1. The van der Waals surface area contributed by atoms with Gasteiger partial charge in [0.25, 0.3) is 0 Å². The molecule has 3 aromatic rings. The Bertz CT molecular complexity index is 936. The molecule has 1 N–H and O–H groups in total. The standard InChI is InChI=1S/C25H27NO2/c27-25(13-21-11-6-10-20-9-4-5-12-24(20)21)14-22-17-28-18-23(15-25)26(22)16-19-7-2-1-3-8-19/h1-12,22-23,27H,13-18H2. The van der Waals surface area contributed by atoms with E-state index in [2.05, 4.69) is 77.7 Å². The fourth-order valence-electron chi connectivity index (χ4n) is 5.14. The van der Waals surface area contributed by atoms with Gasteiger partial charge in [0.05, 0.1) is 18.8 Å². The molecule has 0 aromatic heterocycles. The van der Waals surface area contributed by atoms with Gasteiger partial charge < -0.3 is 9.84 Å². The van der Waals surface area contributed by atoms with Crippen LogP contribution in [0.2, 0.25) is 0 Å². The highest BCUT2D eigenvalue weighted by Crippen LogP contribution is 2.38. The Morgan fingerprint density at radius 1 is 0.857 bits per heavy atom. The van der Waals surface area contributed by atoms with E-state index in [0.717, 1.165) is 19.4 Å². The Kier molecular flexibility index (Phi) is 4.67. The maximum Gasteiger partial charge on any atom is 0.0719 e. The van der Waals surface area contributed by atoms with E-state index in [1.54, 1.807) is 0 Å². The second-order valence-corrected chi connectivity index (χ2v) is 8.45. The molecule has 3 nitrogen and oxygen atoms in total. The second kappa shape index (κ2) is 7.32. The van der Waals surface area contributed by atoms with Crippen LogP contribution in [0.5, 0.6) is 0 Å². The van der Waals surface area contributed by atoms with E-state index >= 15 is 0 Å². The van der Waals surface area contributed by atoms with Gasteiger partial charge in [-0.25, -0.2) is 0 Å². The average molecular weight is 373 g/mol. The van der Waals surface area contributed by atoms with E-state index in [4.69, 9.17) is 4.74 Å². The van der Waals surface area contributed by atoms with Gasteiger partial charge >= 0.3 is 0 Å². The predicted octanol–water partition coefficient (Wildman–Crippen LogP) is 4.18. The number of hydrogen-bond acceptors (Lipinski definition) is 3. The van der Waals surface area contributed by atoms with Crippen molar-refractivity contribution in [3.8, 4) is 0 Å². The third-order valence-corrected chi connectivity index (χ3v) is 6.40. The first-order valence-corrected chi connectivity index (χ1v) is 10.3. The zero-order valence-electron chi connectivity index (χ0n) is 16.1. The smallest absolute Gasteiger partial charge is 0.0719 e. The topological polar surface area (TPSA) is 32.7 Å². The summed E-state index contributed by atoms with van der Waals surface area (Å²) < 4.78 is 5.87. The van der Waals surface area contributed by atoms with Crippen molar-refractivity contribution >= 4 is 10.8 Å². The molecule has 2 bridgehead atoms. The first-order valence-electron chi connectivity index (χ1n) is 10.3. The van der Waals surface area contributed by atoms with Gasteiger partial charge in [0, 0.05) is 25.0 Å². The van der Waals surface area contributed by atoms with Crippen LogP contribution in [0.25, 0.3) is 10.8 Å². The average Bonchev–Trinajstić information content (AvgIpc) is 2.70. The fourth-order valence-corrected chi connectivity index (χ4v) is 5.14. The van der Waals surface area contributed by atoms with Crippen LogP contribution in [0.3, 0.4) is 0 Å². The Morgan fingerprint density at radius 2 is 1.54 bits per heavy atom. The van der Waals surface area contributed by atoms with Crippen molar-refractivity contribution in [3.63, 3.8) is 0 Å². The molecule has 2 unspecified atom stereocenters. The molecule has 0 amide bonds. The maximum atomic E-state index is 11.6. The fraction of sp³-hybridized carbons (Fsp3) is 0.360. The van der Waals surface area contributed by atoms with Crippen molar-refractivity contribution in [2.75, 3.05) is 13.2 Å². The molecule has 2 aliphatic rings. The summed E-state index contributed by atoms with van der Waals surface area (Å²) in [6.45, 7) is 2.35. The first kappa shape index (κ1) is 17.9. The third kappa shape index (κ3) is 3.46. The van der Waals surface area contributed by atoms with E-state index in [1.807, 2.05) is 0 Å². The molecule has 2 saturated heterocycles. The lowest BCUT2D eigenvalue weighted by molar-refractivity contribution is -0.145. The Balaban J connectivity index is 1.38. The van der Waals surface area contributed by atoms with Gasteiger partial charge in [-0.3, -0.25) is 4.90 Å². The van der Waals surface area contributed by atoms with Gasteiger partial charge in [0.2, 0.25) is 0 Å². The van der Waals surface area contributed by atoms with Crippen molar-refractivity contribution < 1.29 is 9.84 Å². The van der Waals surface area contributed by atoms with Crippen LogP contribution < -0.4 is 0 Å². The molecule has 0 aliphatic carbocycles. The number of morpholine rings is 1. The van der Waals surface area contributed by atoms with Gasteiger partial charge in [-0.2, -0.15) is 0 Å². The Morgan fingerprint density at radius 3 is 2.32 bits per heavy atom. The number of ether oxygens (including phenoxy) is 1. The minimum absolute atomic E-state index is 0.271. The van der Waals surface area contributed by atoms with Crippen LogP contribution in [0.15, 0.2) is 72.8 Å². The molecule has 5 rings (SSSR count). The van der Waals surface area contributed by atoms with Crippen molar-refractivity contribution in [2.24, 2.45) is 0 Å². The van der Waals surface area contributed by atoms with Gasteiger partial charge in [0.15, 0.2) is 0 Å². The molecule has 3 heteroatoms. The van der Waals surface area contributed by atoms with Crippen molar-refractivity contribution in [1.29, 1.82) is 0 Å². The summed E-state index contributed by atoms with van der Waals surface area (Å²) >= 11 is 0. The van der Waals surface area contributed by atoms with E-state index in [-0.39, 0.29) is 12.1 Å². The van der Waals surface area contributed by atoms with Gasteiger partial charge in [-0.05, 0) is 34.7 Å². The van der Waals surface area contributed by atoms with E-state index in [0.29, 0.717) is 19.6 Å². The molecule has 2 atom stereocenters. The molecule has 144 valence electrons. The number of rotatable bonds is 4. The van der Waals surface area contributed by atoms with Crippen LogP contribution in [0.1, 0.15) is 24.0 Å². The summed E-state index contributed by atoms with van der Waals surface area (Å²) in [6.07, 6.45) is 2.24. The van der Waals surface area contributed by atoms with Crippen LogP contribution in [0.4, 0.5) is 0 Å². The van der Waals surface area contributed by atoms with E-state index < -0.39 is 5.60 Å². The number of nitrogens with zero attached hydrogens (tertiary/aromatic N) is 1. The minimum atomic E-state index is -0.670. The largest absolute Gasteiger partial charge is 0.389 e. The molecule has 28 heavy (non-hydrogen) atoms. The molecule has 2 aliphatic heterocycles. The summed E-state index contributed by atoms with van der Waals surface area (Å²) in [7, 11) is 0. The molecule has 2 heterocycles. The number of piperidine rings is 1. The Labute approximate surface area is 166 Å². The highest BCUT2D eigenvalue weighted by Gasteiger charge is 2.46. The monoisotopic (exact) mass is 373 g/mol. The van der Waals surface area contributed by atoms with Crippen molar-refractivity contribution in [2.45, 2.75) is 43.5 Å². The summed E-state index contributed by atoms with van der Waals surface area (Å²) in [4.78, 5) is 2.55. The molecule has 0 radical (unpaired) electrons. The van der Waals surface area contributed by atoms with E-state index in [1.165, 1.54) is 21.9 Å². The number of fused-ring (bicyclic) bond motifs is 3. The Hall–Kier alpha value is -2.20. The predicted molar refractivity (Wildman–Crippen MR) is 112 cm³/mol. The quantitative estimate of drug-likeness (QED) is 0.745. The molecule has 0 saturated carbocycles. The molecular weight excluding hydrogens is 346 g/mol. The summed E-state index contributed by atoms with van der Waals surface area (Å²) in [5.74, 6) is 0. The lowest BCUT2D eigenvalue weighted by Gasteiger charge is -2.52. The summed E-state index contributed by atoms with van der Waals surface area (Å²) in [5.41, 5.74) is 1.91. The van der Waals surface area contributed by atoms with Gasteiger partial charge in [0.1, 0.15) is 0 Å². The summed E-state index contributed by atoms with van der Waals surface area (Å²) in [5, 5.41) is 14.1. The zero-order valence-corrected chi connectivity index (χ0v) is 16.1. The molecule has 3 aromatic carbocycles. The lowest BCUT2D eigenvalue weighted by Crippen LogP contribution is -2.61. The maximum absolute atomic E-state index is 11.6. The second-order valence-electron chi connectivity index (χ2n) is 8.45. The number of benzene rings is 3. The van der Waals surface area contributed by atoms with Crippen LogP contribution in [-0.4, -0.2) is 40.9 Å². The van der Waals surface area contributed by atoms with Crippen LogP contribution in [0, 0.1) is 0 Å². The van der Waals surface area contributed by atoms with Gasteiger partial charge in [-0.1, -0.05) is 72.8 Å². The highest BCUT2D eigenvalue weighted by molar-refractivity contribution is 5.85. The summed E-state index contributed by atoms with van der Waals surface area (Å²) in [6, 6.07) is 26.1. The number of hydrogen-bond donors (Lipinski definition) is 1.